The minimum absolute atomic E-state index is 0.0541. The SMILES string of the molecule is O=C(NCC12CC3CC(CC(C3)C1)C2)c1cccnc1Sc1cc(O)ccc1O. The second kappa shape index (κ2) is 7.24. The third-order valence-corrected chi connectivity index (χ3v) is 8.02. The van der Waals surface area contributed by atoms with E-state index in [0.29, 0.717) is 15.5 Å². The molecule has 2 aromatic rings. The van der Waals surface area contributed by atoms with E-state index >= 15 is 0 Å². The summed E-state index contributed by atoms with van der Waals surface area (Å²) in [6, 6.07) is 7.87. The lowest BCUT2D eigenvalue weighted by molar-refractivity contribution is -0.0503. The third kappa shape index (κ3) is 3.70. The molecule has 6 rings (SSSR count). The molecule has 1 heterocycles. The molecule has 4 aliphatic rings. The normalized spacial score (nSPS) is 29.7. The van der Waals surface area contributed by atoms with Crippen LogP contribution in [0.1, 0.15) is 48.9 Å². The number of aromatic nitrogens is 1. The van der Waals surface area contributed by atoms with E-state index in [0.717, 1.165) is 24.3 Å². The monoisotopic (exact) mass is 410 g/mol. The lowest BCUT2D eigenvalue weighted by Gasteiger charge is -2.56. The third-order valence-electron chi connectivity index (χ3n) is 6.95. The van der Waals surface area contributed by atoms with Crippen molar-refractivity contribution in [1.29, 1.82) is 0 Å². The van der Waals surface area contributed by atoms with Crippen molar-refractivity contribution in [3.8, 4) is 11.5 Å². The van der Waals surface area contributed by atoms with Gasteiger partial charge in [0.15, 0.2) is 0 Å². The molecule has 6 heteroatoms. The molecule has 0 unspecified atom stereocenters. The van der Waals surface area contributed by atoms with Crippen LogP contribution >= 0.6 is 11.8 Å². The summed E-state index contributed by atoms with van der Waals surface area (Å²) >= 11 is 1.19. The van der Waals surface area contributed by atoms with E-state index in [-0.39, 0.29) is 22.8 Å². The summed E-state index contributed by atoms with van der Waals surface area (Å²) in [6.45, 7) is 0.742. The van der Waals surface area contributed by atoms with Crippen molar-refractivity contribution >= 4 is 17.7 Å². The summed E-state index contributed by atoms with van der Waals surface area (Å²) in [5.41, 5.74) is 0.786. The van der Waals surface area contributed by atoms with Crippen molar-refractivity contribution < 1.29 is 15.0 Å². The maximum absolute atomic E-state index is 13.0. The Morgan fingerprint density at radius 2 is 1.79 bits per heavy atom. The first-order valence-electron chi connectivity index (χ1n) is 10.4. The number of carbonyl (C=O) groups is 1. The quantitative estimate of drug-likeness (QED) is 0.628. The van der Waals surface area contributed by atoms with Crippen LogP contribution in [0.4, 0.5) is 0 Å². The van der Waals surface area contributed by atoms with Crippen LogP contribution in [0.15, 0.2) is 46.5 Å². The number of phenolic OH excluding ortho intramolecular Hbond substituents is 2. The number of amides is 1. The highest BCUT2D eigenvalue weighted by atomic mass is 32.2. The molecule has 0 aliphatic heterocycles. The lowest BCUT2D eigenvalue weighted by Crippen LogP contribution is -2.51. The Morgan fingerprint density at radius 3 is 2.48 bits per heavy atom. The molecule has 3 N–H and O–H groups in total. The minimum atomic E-state index is -0.115. The Balaban J connectivity index is 1.31. The van der Waals surface area contributed by atoms with Crippen LogP contribution in [-0.4, -0.2) is 27.6 Å². The number of phenols is 2. The minimum Gasteiger partial charge on any atom is -0.508 e. The highest BCUT2D eigenvalue weighted by Gasteiger charge is 2.50. The van der Waals surface area contributed by atoms with Crippen LogP contribution in [0.2, 0.25) is 0 Å². The molecule has 4 fully saturated rings. The zero-order chi connectivity index (χ0) is 20.0. The fraction of sp³-hybridized carbons (Fsp3) is 0.478. The molecule has 1 amide bonds. The van der Waals surface area contributed by atoms with Crippen molar-refractivity contribution in [2.75, 3.05) is 6.54 Å². The number of nitrogens with zero attached hydrogens (tertiary/aromatic N) is 1. The maximum atomic E-state index is 13.0. The van der Waals surface area contributed by atoms with Crippen LogP contribution in [0.25, 0.3) is 0 Å². The molecular weight excluding hydrogens is 384 g/mol. The molecule has 1 aromatic carbocycles. The maximum Gasteiger partial charge on any atom is 0.254 e. The summed E-state index contributed by atoms with van der Waals surface area (Å²) < 4.78 is 0. The highest BCUT2D eigenvalue weighted by Crippen LogP contribution is 2.59. The van der Waals surface area contributed by atoms with Gasteiger partial charge in [-0.2, -0.15) is 0 Å². The summed E-state index contributed by atoms with van der Waals surface area (Å²) in [6.07, 6.45) is 9.58. The van der Waals surface area contributed by atoms with Crippen LogP contribution in [0, 0.1) is 23.2 Å². The van der Waals surface area contributed by atoms with E-state index in [4.69, 9.17) is 0 Å². The summed E-state index contributed by atoms with van der Waals surface area (Å²) in [5, 5.41) is 23.5. The van der Waals surface area contributed by atoms with Gasteiger partial charge in [-0.25, -0.2) is 4.98 Å². The fourth-order valence-electron chi connectivity index (χ4n) is 6.20. The van der Waals surface area contributed by atoms with Gasteiger partial charge in [-0.1, -0.05) is 11.8 Å². The first-order chi connectivity index (χ1) is 14.0. The standard InChI is InChI=1S/C23H26N2O3S/c26-17-3-4-19(27)20(9-17)29-22-18(2-1-5-24-22)21(28)25-13-23-10-14-6-15(11-23)8-16(7-14)12-23/h1-5,9,14-16,26-27H,6-8,10-13H2,(H,25,28). The van der Waals surface area contributed by atoms with Crippen LogP contribution in [0.3, 0.4) is 0 Å². The highest BCUT2D eigenvalue weighted by molar-refractivity contribution is 7.99. The number of hydrogen-bond donors (Lipinski definition) is 3. The molecule has 29 heavy (non-hydrogen) atoms. The van der Waals surface area contributed by atoms with Gasteiger partial charge in [0.05, 0.1) is 10.5 Å². The second-order valence-corrected chi connectivity index (χ2v) is 10.2. The number of nitrogens with one attached hydrogen (secondary N) is 1. The zero-order valence-electron chi connectivity index (χ0n) is 16.3. The van der Waals surface area contributed by atoms with Gasteiger partial charge in [0, 0.05) is 12.7 Å². The van der Waals surface area contributed by atoms with Gasteiger partial charge >= 0.3 is 0 Å². The van der Waals surface area contributed by atoms with Crippen molar-refractivity contribution in [2.24, 2.45) is 23.2 Å². The van der Waals surface area contributed by atoms with Gasteiger partial charge in [-0.3, -0.25) is 4.79 Å². The fourth-order valence-corrected chi connectivity index (χ4v) is 7.15. The molecular formula is C23H26N2O3S. The average molecular weight is 411 g/mol. The van der Waals surface area contributed by atoms with Gasteiger partial charge in [-0.15, -0.1) is 0 Å². The smallest absolute Gasteiger partial charge is 0.254 e. The molecule has 1 aromatic heterocycles. The number of aromatic hydroxyl groups is 2. The number of benzene rings is 1. The Kier molecular flexibility index (Phi) is 4.69. The Bertz CT molecular complexity index is 910. The van der Waals surface area contributed by atoms with E-state index in [1.807, 2.05) is 0 Å². The summed E-state index contributed by atoms with van der Waals surface area (Å²) in [5.74, 6) is 2.58. The van der Waals surface area contributed by atoms with Crippen molar-refractivity contribution in [1.82, 2.24) is 10.3 Å². The molecule has 4 saturated carbocycles. The summed E-state index contributed by atoms with van der Waals surface area (Å²) in [4.78, 5) is 17.8. The Morgan fingerprint density at radius 1 is 1.10 bits per heavy atom. The van der Waals surface area contributed by atoms with E-state index in [1.165, 1.54) is 68.5 Å². The van der Waals surface area contributed by atoms with E-state index in [1.54, 1.807) is 18.3 Å². The molecule has 0 spiro atoms. The molecule has 0 saturated heterocycles. The number of rotatable bonds is 5. The molecule has 4 aliphatic carbocycles. The van der Waals surface area contributed by atoms with Crippen molar-refractivity contribution in [2.45, 2.75) is 48.4 Å². The molecule has 5 nitrogen and oxygen atoms in total. The van der Waals surface area contributed by atoms with Gasteiger partial charge in [0.2, 0.25) is 0 Å². The van der Waals surface area contributed by atoms with E-state index in [2.05, 4.69) is 10.3 Å². The number of pyridine rings is 1. The van der Waals surface area contributed by atoms with Gasteiger partial charge < -0.3 is 15.5 Å². The van der Waals surface area contributed by atoms with Crippen molar-refractivity contribution in [3.63, 3.8) is 0 Å². The molecule has 4 bridgehead atoms. The number of carbonyl (C=O) groups excluding carboxylic acids is 1. The molecule has 0 atom stereocenters. The predicted octanol–water partition coefficient (Wildman–Crippen LogP) is 4.59. The molecule has 0 radical (unpaired) electrons. The Hall–Kier alpha value is -2.21. The Labute approximate surface area is 174 Å². The summed E-state index contributed by atoms with van der Waals surface area (Å²) in [7, 11) is 0. The second-order valence-electron chi connectivity index (χ2n) is 9.21. The van der Waals surface area contributed by atoms with E-state index < -0.39 is 0 Å². The zero-order valence-corrected chi connectivity index (χ0v) is 17.1. The molecule has 152 valence electrons. The van der Waals surface area contributed by atoms with Crippen molar-refractivity contribution in [3.05, 3.63) is 42.1 Å². The largest absolute Gasteiger partial charge is 0.508 e. The predicted molar refractivity (Wildman–Crippen MR) is 111 cm³/mol. The van der Waals surface area contributed by atoms with Crippen LogP contribution in [0.5, 0.6) is 11.5 Å². The first kappa shape index (κ1) is 18.8. The van der Waals surface area contributed by atoms with Gasteiger partial charge in [-0.05, 0) is 92.0 Å². The van der Waals surface area contributed by atoms with Gasteiger partial charge in [0.1, 0.15) is 16.5 Å². The average Bonchev–Trinajstić information content (AvgIpc) is 2.68. The van der Waals surface area contributed by atoms with Gasteiger partial charge in [0.25, 0.3) is 5.91 Å². The van der Waals surface area contributed by atoms with E-state index in [9.17, 15) is 15.0 Å². The van der Waals surface area contributed by atoms with Crippen LogP contribution in [-0.2, 0) is 0 Å². The lowest BCUT2D eigenvalue weighted by atomic mass is 9.49. The van der Waals surface area contributed by atoms with Crippen LogP contribution < -0.4 is 5.32 Å². The number of hydrogen-bond acceptors (Lipinski definition) is 5. The first-order valence-corrected chi connectivity index (χ1v) is 11.2. The topological polar surface area (TPSA) is 82.5 Å².